The van der Waals surface area contributed by atoms with E-state index in [9.17, 15) is 0 Å². The molecule has 3 aromatic heterocycles. The summed E-state index contributed by atoms with van der Waals surface area (Å²) in [5.74, 6) is 6.41. The average Bonchev–Trinajstić information content (AvgIpc) is 4.36. The number of nitrogens with one attached hydrogen (secondary N) is 2. The zero-order chi connectivity index (χ0) is 55.8. The Bertz CT molecular complexity index is 2970. The maximum Gasteiger partial charge on any atom is 0.168 e. The molecular formula is C64H82MnN8O8. The SMILES string of the molecule is CCCCOc1ccc(OCCCC)c2c1-c1nc-2nc2[nH]c(nc3nc(nc4[nH]c(n1)c1c(OCCCC)ccc(OCCCC)c41)-c1c(OCCCC)ccc(OCCCC)c1-3)c1c(OCCCC)ccc(OCCCC)c21.[Mn]. The molecule has 2 aliphatic rings. The summed E-state index contributed by atoms with van der Waals surface area (Å²) < 4.78 is 53.6. The predicted octanol–water partition coefficient (Wildman–Crippen LogP) is 16.3. The average molecular weight is 1150 g/mol. The first kappa shape index (κ1) is 60.3. The minimum Gasteiger partial charge on any atom is -0.493 e. The van der Waals surface area contributed by atoms with E-state index in [0.29, 0.717) is 189 Å². The second-order valence-corrected chi connectivity index (χ2v) is 20.5. The molecule has 4 aromatic carbocycles. The van der Waals surface area contributed by atoms with Gasteiger partial charge in [-0.3, -0.25) is 0 Å². The standard InChI is InChI=1S/C64H82N8O8.Mn/c1-9-17-33-73-41-25-26-42(74-34-18-10-2)50-49(41)57-65-58(50)70-60-53-45(77-37-21-13-5)29-30-46(78-38-22-14-6)54(53)62(67-60)72-64-56-48(80-40-24-16-8)32-31-47(79-39-23-15-7)55(56)63(68-64)71-61-52-44(76-36-20-12-4)28-27-43(75-35-19-11-3)51(52)59(66-61)69-57;/h25-32H,9-24,33-40H2,1-8H3,(H2,65,66,67,68,69,70,71,72);. The number of unbranched alkanes of at least 4 members (excludes halogenated alkanes) is 8. The molecule has 0 saturated heterocycles. The largest absolute Gasteiger partial charge is 0.493 e. The molecule has 2 N–H and O–H groups in total. The first-order valence-corrected chi connectivity index (χ1v) is 29.9. The number of aromatic amines is 2. The Morgan fingerprint density at radius 2 is 0.432 bits per heavy atom. The summed E-state index contributed by atoms with van der Waals surface area (Å²) >= 11 is 0. The Morgan fingerprint density at radius 1 is 0.259 bits per heavy atom. The Balaban J connectivity index is 0.00000860. The third-order valence-electron chi connectivity index (χ3n) is 14.2. The van der Waals surface area contributed by atoms with Crippen molar-refractivity contribution in [1.29, 1.82) is 0 Å². The zero-order valence-corrected chi connectivity index (χ0v) is 50.1. The van der Waals surface area contributed by atoms with E-state index in [-0.39, 0.29) is 17.1 Å². The quantitative estimate of drug-likeness (QED) is 0.0300. The Kier molecular flexibility index (Phi) is 22.1. The third kappa shape index (κ3) is 13.6. The van der Waals surface area contributed by atoms with Crippen LogP contribution in [0.5, 0.6) is 46.0 Å². The van der Waals surface area contributed by atoms with Gasteiger partial charge in [-0.1, -0.05) is 107 Å². The topological polar surface area (TPSA) is 183 Å². The van der Waals surface area contributed by atoms with Crippen LogP contribution in [0.2, 0.25) is 0 Å². The van der Waals surface area contributed by atoms with Gasteiger partial charge in [0.1, 0.15) is 68.6 Å². The number of H-pyrrole nitrogens is 2. The van der Waals surface area contributed by atoms with E-state index in [4.69, 9.17) is 67.8 Å². The number of fused-ring (bicyclic) bond motifs is 20. The van der Waals surface area contributed by atoms with Crippen molar-refractivity contribution < 1.29 is 55.0 Å². The summed E-state index contributed by atoms with van der Waals surface area (Å²) in [4.78, 5) is 40.4. The maximum atomic E-state index is 6.70. The van der Waals surface area contributed by atoms with Gasteiger partial charge in [0.2, 0.25) is 0 Å². The predicted molar refractivity (Wildman–Crippen MR) is 319 cm³/mol. The van der Waals surface area contributed by atoms with E-state index >= 15 is 0 Å². The smallest absolute Gasteiger partial charge is 0.168 e. The van der Waals surface area contributed by atoms with Gasteiger partial charge in [0.05, 0.1) is 96.7 Å². The molecular weight excluding hydrogens is 1060 g/mol. The first-order valence-electron chi connectivity index (χ1n) is 29.9. The van der Waals surface area contributed by atoms with Crippen molar-refractivity contribution in [2.24, 2.45) is 0 Å². The van der Waals surface area contributed by atoms with Crippen molar-refractivity contribution in [2.45, 2.75) is 158 Å². The molecule has 0 amide bonds. The molecule has 8 bridgehead atoms. The Hall–Kier alpha value is -6.84. The van der Waals surface area contributed by atoms with Crippen molar-refractivity contribution in [2.75, 3.05) is 52.9 Å². The molecule has 81 heavy (non-hydrogen) atoms. The van der Waals surface area contributed by atoms with Gasteiger partial charge in [0, 0.05) is 17.1 Å². The Labute approximate surface area is 487 Å². The van der Waals surface area contributed by atoms with Gasteiger partial charge in [-0.25, -0.2) is 29.9 Å². The summed E-state index contributed by atoms with van der Waals surface area (Å²) in [5.41, 5.74) is 4.45. The van der Waals surface area contributed by atoms with Gasteiger partial charge in [0.25, 0.3) is 0 Å². The maximum absolute atomic E-state index is 6.70. The second-order valence-electron chi connectivity index (χ2n) is 20.5. The molecule has 7 aromatic rings. The Morgan fingerprint density at radius 3 is 0.617 bits per heavy atom. The molecule has 17 heteroatoms. The molecule has 1 radical (unpaired) electrons. The molecule has 0 saturated carbocycles. The van der Waals surface area contributed by atoms with Gasteiger partial charge in [0.15, 0.2) is 23.3 Å². The molecule has 0 fully saturated rings. The van der Waals surface area contributed by atoms with Crippen molar-refractivity contribution in [3.8, 4) is 91.5 Å². The number of ether oxygens (including phenoxy) is 8. The van der Waals surface area contributed by atoms with Crippen molar-refractivity contribution in [1.82, 2.24) is 39.9 Å². The first-order chi connectivity index (χ1) is 39.4. The summed E-state index contributed by atoms with van der Waals surface area (Å²) in [6.07, 6.45) is 14.5. The number of hydrogen-bond donors (Lipinski definition) is 2. The fourth-order valence-electron chi connectivity index (χ4n) is 9.64. The third-order valence-corrected chi connectivity index (χ3v) is 14.2. The van der Waals surface area contributed by atoms with E-state index in [1.165, 1.54) is 0 Å². The van der Waals surface area contributed by atoms with Gasteiger partial charge in [-0.05, 0) is 99.9 Å². The van der Waals surface area contributed by atoms with E-state index in [0.717, 1.165) is 103 Å². The van der Waals surface area contributed by atoms with Crippen LogP contribution in [-0.4, -0.2) is 92.7 Å². The van der Waals surface area contributed by atoms with Gasteiger partial charge in [-0.15, -0.1) is 0 Å². The van der Waals surface area contributed by atoms with Crippen LogP contribution in [0.1, 0.15) is 158 Å². The van der Waals surface area contributed by atoms with E-state index in [1.807, 2.05) is 48.5 Å². The summed E-state index contributed by atoms with van der Waals surface area (Å²) in [6, 6.07) is 15.7. The minimum absolute atomic E-state index is 0. The zero-order valence-electron chi connectivity index (χ0n) is 48.9. The molecule has 0 aliphatic carbocycles. The van der Waals surface area contributed by atoms with E-state index in [2.05, 4.69) is 65.4 Å². The molecule has 5 heterocycles. The van der Waals surface area contributed by atoms with Crippen LogP contribution in [0.3, 0.4) is 0 Å². The summed E-state index contributed by atoms with van der Waals surface area (Å²) in [5, 5.41) is 2.74. The fraction of sp³-hybridized carbons (Fsp3) is 0.500. The van der Waals surface area contributed by atoms with Crippen molar-refractivity contribution in [3.05, 3.63) is 48.5 Å². The molecule has 433 valence electrons. The van der Waals surface area contributed by atoms with Crippen LogP contribution in [0.4, 0.5) is 0 Å². The van der Waals surface area contributed by atoms with Crippen LogP contribution < -0.4 is 37.9 Å². The van der Waals surface area contributed by atoms with E-state index < -0.39 is 0 Å². The van der Waals surface area contributed by atoms with Crippen LogP contribution >= 0.6 is 0 Å². The molecule has 2 aliphatic heterocycles. The fourth-order valence-corrected chi connectivity index (χ4v) is 9.64. The van der Waals surface area contributed by atoms with Crippen LogP contribution in [0.15, 0.2) is 48.5 Å². The monoisotopic (exact) mass is 1150 g/mol. The number of rotatable bonds is 32. The second kappa shape index (κ2) is 29.7. The van der Waals surface area contributed by atoms with Crippen LogP contribution in [0.25, 0.3) is 89.7 Å². The van der Waals surface area contributed by atoms with Crippen molar-refractivity contribution in [3.63, 3.8) is 0 Å². The van der Waals surface area contributed by atoms with Crippen LogP contribution in [0, 0.1) is 0 Å². The summed E-state index contributed by atoms with van der Waals surface area (Å²) in [7, 11) is 0. The van der Waals surface area contributed by atoms with Gasteiger partial charge in [-0.2, -0.15) is 0 Å². The van der Waals surface area contributed by atoms with Crippen LogP contribution in [-0.2, 0) is 17.1 Å². The molecule has 0 atom stereocenters. The van der Waals surface area contributed by atoms with Gasteiger partial charge >= 0.3 is 0 Å². The molecule has 9 rings (SSSR count). The summed E-state index contributed by atoms with van der Waals surface area (Å²) in [6.45, 7) is 21.2. The van der Waals surface area contributed by atoms with Crippen molar-refractivity contribution >= 4 is 44.1 Å². The number of aromatic nitrogens is 8. The van der Waals surface area contributed by atoms with Gasteiger partial charge < -0.3 is 47.9 Å². The normalized spacial score (nSPS) is 11.6. The minimum atomic E-state index is 0. The molecule has 0 unspecified atom stereocenters. The molecule has 16 nitrogen and oxygen atoms in total. The van der Waals surface area contributed by atoms with E-state index in [1.54, 1.807) is 0 Å². The number of nitrogens with zero attached hydrogens (tertiary/aromatic N) is 6. The number of hydrogen-bond acceptors (Lipinski definition) is 14. The number of benzene rings is 4. The molecule has 0 spiro atoms.